The van der Waals surface area contributed by atoms with Gasteiger partial charge < -0.3 is 24.8 Å². The third kappa shape index (κ3) is 9.71. The summed E-state index contributed by atoms with van der Waals surface area (Å²) in [4.78, 5) is 10.00. The Morgan fingerprint density at radius 3 is 1.28 bits per heavy atom. The number of hydrogen-bond acceptors (Lipinski definition) is 2. The number of rotatable bonds is 16. The van der Waals surface area contributed by atoms with Gasteiger partial charge in [-0.1, -0.05) is 26.7 Å². The van der Waals surface area contributed by atoms with Gasteiger partial charge in [0.2, 0.25) is 0 Å². The number of fused-ring (bicyclic) bond motifs is 2. The van der Waals surface area contributed by atoms with Gasteiger partial charge >= 0.3 is 316 Å². The smallest absolute Gasteiger partial charge is 1.00 e. The first-order valence-corrected chi connectivity index (χ1v) is 23.1. The van der Waals surface area contributed by atoms with Gasteiger partial charge in [-0.25, -0.2) is 0 Å². The molecule has 2 nitrogen and oxygen atoms in total. The van der Waals surface area contributed by atoms with Crippen LogP contribution >= 0.6 is 0 Å². The van der Waals surface area contributed by atoms with Crippen molar-refractivity contribution in [1.29, 1.82) is 0 Å². The Kier molecular flexibility index (Phi) is 15.5. The second-order valence-corrected chi connectivity index (χ2v) is 18.8. The number of allylic oxidation sites excluding steroid dienone is 2. The molecule has 0 N–H and O–H groups in total. The fourth-order valence-electron chi connectivity index (χ4n) is 8.64. The Labute approximate surface area is 364 Å². The summed E-state index contributed by atoms with van der Waals surface area (Å²) in [5, 5.41) is 0. The van der Waals surface area contributed by atoms with Crippen molar-refractivity contribution in [3.63, 3.8) is 0 Å². The maximum Gasteiger partial charge on any atom is -1.00 e. The van der Waals surface area contributed by atoms with E-state index < -0.39 is 23.2 Å². The van der Waals surface area contributed by atoms with Crippen molar-refractivity contribution in [1.82, 2.24) is 9.97 Å². The molecule has 0 saturated carbocycles. The van der Waals surface area contributed by atoms with Crippen LogP contribution in [-0.2, 0) is 36.1 Å². The summed E-state index contributed by atoms with van der Waals surface area (Å²) in [7, 11) is 0. The van der Waals surface area contributed by atoms with Gasteiger partial charge in [-0.05, 0) is 0 Å². The summed E-state index contributed by atoms with van der Waals surface area (Å²) in [6, 6.07) is 45.5. The van der Waals surface area contributed by atoms with E-state index in [2.05, 4.69) is 135 Å². The van der Waals surface area contributed by atoms with Crippen LogP contribution < -0.4 is 24.8 Å². The number of halogens is 2. The number of pyridine rings is 2. The molecule has 0 bridgehead atoms. The summed E-state index contributed by atoms with van der Waals surface area (Å²) in [6.07, 6.45) is 21.7. The van der Waals surface area contributed by atoms with Gasteiger partial charge in [0.1, 0.15) is 0 Å². The molecule has 288 valence electrons. The standard InChI is InChI=1S/2C26H26N.2ClH.Zr/c2*1-2-3-4-5-9-20-13-15-21(16-14-20)22-10-8-11-23-24(22)17-18-25(23)26-12-6-7-19-27-26;;;/h2*6-8,10-17,19,25H,2-5,9H2,1H3;2*1H;/q;;;;+2/p-2. The molecule has 2 aliphatic rings. The van der Waals surface area contributed by atoms with Gasteiger partial charge in [-0.15, -0.1) is 0 Å². The van der Waals surface area contributed by atoms with E-state index in [-0.39, 0.29) is 36.6 Å². The Morgan fingerprint density at radius 2 is 0.895 bits per heavy atom. The molecule has 57 heavy (non-hydrogen) atoms. The SMILES string of the molecule is CCCCCCc1ccc(-c2cccc3c2C=[C]([Zr+2][C]2=Cc4c(-c5ccc(CCCCCC)cc5)cccc4C2c2ccccn2)C3c2ccccn2)cc1.[Cl-].[Cl-]. The van der Waals surface area contributed by atoms with E-state index >= 15 is 0 Å². The average molecular weight is 867 g/mol. The zero-order valence-electron chi connectivity index (χ0n) is 33.2. The van der Waals surface area contributed by atoms with E-state index in [1.54, 1.807) is 6.56 Å². The van der Waals surface area contributed by atoms with Crippen LogP contribution in [0.2, 0.25) is 0 Å². The Balaban J connectivity index is 0.00000275. The first-order chi connectivity index (χ1) is 27.2. The monoisotopic (exact) mass is 864 g/mol. The van der Waals surface area contributed by atoms with Gasteiger partial charge in [-0.2, -0.15) is 0 Å². The number of unbranched alkanes of at least 4 members (excludes halogenated alkanes) is 6. The molecular weight excluding hydrogens is 815 g/mol. The van der Waals surface area contributed by atoms with Crippen molar-refractivity contribution in [2.24, 2.45) is 0 Å². The minimum atomic E-state index is -1.34. The summed E-state index contributed by atoms with van der Waals surface area (Å²) in [5.74, 6) is 0.331. The minimum Gasteiger partial charge on any atom is -1.00 e. The second kappa shape index (κ2) is 20.7. The Morgan fingerprint density at radius 1 is 0.456 bits per heavy atom. The van der Waals surface area contributed by atoms with Gasteiger partial charge in [0.25, 0.3) is 0 Å². The molecule has 0 aliphatic heterocycles. The molecule has 4 aromatic carbocycles. The van der Waals surface area contributed by atoms with Crippen LogP contribution in [-0.4, -0.2) is 9.97 Å². The molecule has 2 atom stereocenters. The van der Waals surface area contributed by atoms with Gasteiger partial charge in [0.15, 0.2) is 0 Å². The largest absolute Gasteiger partial charge is 1.00 e. The molecular formula is C52H52Cl2N2Zr. The third-order valence-electron chi connectivity index (χ3n) is 11.5. The van der Waals surface area contributed by atoms with Crippen molar-refractivity contribution in [2.45, 2.75) is 89.9 Å². The first-order valence-electron chi connectivity index (χ1n) is 20.7. The van der Waals surface area contributed by atoms with Crippen LogP contribution in [0.4, 0.5) is 0 Å². The molecule has 6 aromatic rings. The van der Waals surface area contributed by atoms with Gasteiger partial charge in [-0.3, -0.25) is 0 Å². The molecule has 2 aliphatic carbocycles. The van der Waals surface area contributed by atoms with Crippen molar-refractivity contribution in [2.75, 3.05) is 0 Å². The topological polar surface area (TPSA) is 25.8 Å². The number of aryl methyl sites for hydroxylation is 2. The molecule has 8 rings (SSSR count). The second-order valence-electron chi connectivity index (χ2n) is 15.3. The fraction of sp³-hybridized carbons (Fsp3) is 0.269. The molecule has 2 heterocycles. The van der Waals surface area contributed by atoms with Crippen LogP contribution in [0, 0.1) is 0 Å². The summed E-state index contributed by atoms with van der Waals surface area (Å²) in [6.45, 7) is 4.56. The van der Waals surface area contributed by atoms with Crippen LogP contribution in [0.3, 0.4) is 0 Å². The molecule has 5 heteroatoms. The van der Waals surface area contributed by atoms with Crippen molar-refractivity contribution in [3.8, 4) is 22.3 Å². The number of hydrogen-bond donors (Lipinski definition) is 0. The van der Waals surface area contributed by atoms with Gasteiger partial charge in [0.05, 0.1) is 0 Å². The summed E-state index contributed by atoms with van der Waals surface area (Å²) in [5.41, 5.74) is 15.9. The summed E-state index contributed by atoms with van der Waals surface area (Å²) >= 11 is -1.34. The van der Waals surface area contributed by atoms with Crippen molar-refractivity contribution in [3.05, 3.63) is 185 Å². The van der Waals surface area contributed by atoms with E-state index in [1.165, 1.54) is 107 Å². The fourth-order valence-corrected chi connectivity index (χ4v) is 12.7. The Bertz CT molecular complexity index is 2100. The van der Waals surface area contributed by atoms with E-state index in [0.29, 0.717) is 0 Å². The quantitative estimate of drug-likeness (QED) is 0.0929. The van der Waals surface area contributed by atoms with E-state index in [9.17, 15) is 0 Å². The van der Waals surface area contributed by atoms with Crippen molar-refractivity contribution >= 4 is 12.2 Å². The Hall–Kier alpha value is -3.88. The van der Waals surface area contributed by atoms with E-state index in [0.717, 1.165) is 24.2 Å². The molecule has 0 radical (unpaired) electrons. The molecule has 0 fully saturated rings. The van der Waals surface area contributed by atoms with Crippen LogP contribution in [0.25, 0.3) is 34.4 Å². The van der Waals surface area contributed by atoms with Gasteiger partial charge in [0, 0.05) is 0 Å². The molecule has 0 spiro atoms. The van der Waals surface area contributed by atoms with Crippen LogP contribution in [0.1, 0.15) is 122 Å². The summed E-state index contributed by atoms with van der Waals surface area (Å²) < 4.78 is 3.12. The predicted molar refractivity (Wildman–Crippen MR) is 228 cm³/mol. The third-order valence-corrected chi connectivity index (χ3v) is 15.1. The molecule has 0 saturated heterocycles. The van der Waals surface area contributed by atoms with E-state index in [4.69, 9.17) is 9.97 Å². The van der Waals surface area contributed by atoms with Crippen LogP contribution in [0.5, 0.6) is 0 Å². The average Bonchev–Trinajstić information content (AvgIpc) is 3.80. The number of aromatic nitrogens is 2. The van der Waals surface area contributed by atoms with Crippen LogP contribution in [0.15, 0.2) is 140 Å². The zero-order chi connectivity index (χ0) is 37.4. The molecule has 2 aromatic heterocycles. The maximum absolute atomic E-state index is 5.00. The van der Waals surface area contributed by atoms with Crippen molar-refractivity contribution < 1.29 is 48.0 Å². The first kappa shape index (κ1) is 42.7. The normalized spacial score (nSPS) is 15.1. The number of nitrogens with zero attached hydrogens (tertiary/aromatic N) is 2. The predicted octanol–water partition coefficient (Wildman–Crippen LogP) is 7.82. The number of benzene rings is 4. The minimum absolute atomic E-state index is 0. The molecule has 0 amide bonds. The molecule has 2 unspecified atom stereocenters. The van der Waals surface area contributed by atoms with E-state index in [1.807, 2.05) is 24.5 Å². The maximum atomic E-state index is 5.00. The zero-order valence-corrected chi connectivity index (χ0v) is 37.2.